The first kappa shape index (κ1) is 20.1. The quantitative estimate of drug-likeness (QED) is 0.366. The molecule has 0 fully saturated rings. The molecule has 0 spiro atoms. The highest BCUT2D eigenvalue weighted by Gasteiger charge is 2.15. The average Bonchev–Trinajstić information content (AvgIpc) is 3.23. The number of aromatic nitrogens is 2. The molecule has 4 rings (SSSR count). The third-order valence-electron chi connectivity index (χ3n) is 4.72. The third kappa shape index (κ3) is 4.08. The van der Waals surface area contributed by atoms with Gasteiger partial charge in [-0.25, -0.2) is 0 Å². The van der Waals surface area contributed by atoms with Crippen LogP contribution in [0.3, 0.4) is 0 Å². The molecule has 0 saturated heterocycles. The van der Waals surface area contributed by atoms with Crippen LogP contribution in [-0.4, -0.2) is 22.4 Å². The van der Waals surface area contributed by atoms with E-state index < -0.39 is 0 Å². The van der Waals surface area contributed by atoms with Crippen molar-refractivity contribution in [1.29, 1.82) is 0 Å². The van der Waals surface area contributed by atoms with Crippen molar-refractivity contribution in [2.45, 2.75) is 6.61 Å². The molecular weight excluding hydrogens is 423 g/mol. The minimum atomic E-state index is 0.0665. The number of methoxy groups -OCH3 is 1. The van der Waals surface area contributed by atoms with Crippen molar-refractivity contribution in [2.75, 3.05) is 7.11 Å². The summed E-state index contributed by atoms with van der Waals surface area (Å²) in [7, 11) is 1.62. The highest BCUT2D eigenvalue weighted by atomic mass is 35.5. The van der Waals surface area contributed by atoms with E-state index in [2.05, 4.69) is 10.2 Å². The highest BCUT2D eigenvalue weighted by Crippen LogP contribution is 2.37. The molecular formula is C23H18Cl2N2O3. The summed E-state index contributed by atoms with van der Waals surface area (Å²) in [6, 6.07) is 18.0. The van der Waals surface area contributed by atoms with Crippen LogP contribution < -0.4 is 9.47 Å². The third-order valence-corrected chi connectivity index (χ3v) is 5.43. The Kier molecular flexibility index (Phi) is 5.84. The van der Waals surface area contributed by atoms with Crippen LogP contribution >= 0.6 is 23.2 Å². The van der Waals surface area contributed by atoms with Gasteiger partial charge in [-0.1, -0.05) is 41.4 Å². The van der Waals surface area contributed by atoms with Gasteiger partial charge in [0, 0.05) is 32.8 Å². The first-order valence-corrected chi connectivity index (χ1v) is 9.89. The predicted molar refractivity (Wildman–Crippen MR) is 118 cm³/mol. The molecule has 7 heteroatoms. The van der Waals surface area contributed by atoms with Gasteiger partial charge < -0.3 is 14.6 Å². The number of aromatic hydroxyl groups is 1. The Balaban J connectivity index is 1.58. The monoisotopic (exact) mass is 440 g/mol. The molecule has 2 N–H and O–H groups in total. The first-order chi connectivity index (χ1) is 14.6. The van der Waals surface area contributed by atoms with Gasteiger partial charge in [-0.3, -0.25) is 5.10 Å². The van der Waals surface area contributed by atoms with Crippen LogP contribution in [0.2, 0.25) is 10.0 Å². The van der Waals surface area contributed by atoms with Gasteiger partial charge in [0.1, 0.15) is 23.9 Å². The molecule has 4 aromatic rings. The van der Waals surface area contributed by atoms with Gasteiger partial charge in [-0.15, -0.1) is 0 Å². The number of ether oxygens (including phenoxy) is 2. The zero-order valence-corrected chi connectivity index (χ0v) is 17.5. The lowest BCUT2D eigenvalue weighted by molar-refractivity contribution is 0.304. The fraction of sp³-hybridized carbons (Fsp3) is 0.0870. The normalized spacial score (nSPS) is 10.8. The van der Waals surface area contributed by atoms with E-state index in [0.717, 1.165) is 16.9 Å². The van der Waals surface area contributed by atoms with E-state index in [1.165, 1.54) is 0 Å². The molecule has 1 heterocycles. The lowest BCUT2D eigenvalue weighted by atomic mass is 10.0. The van der Waals surface area contributed by atoms with Gasteiger partial charge in [0.2, 0.25) is 0 Å². The lowest BCUT2D eigenvalue weighted by Gasteiger charge is -2.12. The second kappa shape index (κ2) is 8.69. The summed E-state index contributed by atoms with van der Waals surface area (Å²) in [5.74, 6) is 1.33. The summed E-state index contributed by atoms with van der Waals surface area (Å²) < 4.78 is 11.0. The number of rotatable bonds is 6. The first-order valence-electron chi connectivity index (χ1n) is 9.13. The Morgan fingerprint density at radius 1 is 0.933 bits per heavy atom. The minimum absolute atomic E-state index is 0.0665. The fourth-order valence-electron chi connectivity index (χ4n) is 3.12. The lowest BCUT2D eigenvalue weighted by Crippen LogP contribution is -1.97. The van der Waals surface area contributed by atoms with Crippen molar-refractivity contribution < 1.29 is 14.6 Å². The van der Waals surface area contributed by atoms with Crippen LogP contribution in [0.4, 0.5) is 0 Å². The van der Waals surface area contributed by atoms with Crippen LogP contribution in [-0.2, 0) is 6.61 Å². The van der Waals surface area contributed by atoms with Crippen LogP contribution in [0, 0.1) is 0 Å². The average molecular weight is 441 g/mol. The fourth-order valence-corrected chi connectivity index (χ4v) is 3.63. The van der Waals surface area contributed by atoms with Crippen molar-refractivity contribution in [2.24, 2.45) is 0 Å². The second-order valence-corrected chi connectivity index (χ2v) is 7.37. The Bertz CT molecular complexity index is 1150. The molecule has 30 heavy (non-hydrogen) atoms. The van der Waals surface area contributed by atoms with Gasteiger partial charge in [-0.05, 0) is 42.0 Å². The number of hydrogen-bond donors (Lipinski definition) is 2. The van der Waals surface area contributed by atoms with E-state index in [9.17, 15) is 5.11 Å². The van der Waals surface area contributed by atoms with E-state index in [1.807, 2.05) is 24.3 Å². The predicted octanol–water partition coefficient (Wildman–Crippen LogP) is 6.34. The standard InChI is InChI=1S/C23H18Cl2N2O3/c1-29-15-7-5-14(6-8-15)18-12-26-27-23(18)17-10-9-16(11-22(17)28)30-13-19-20(24)3-2-4-21(19)25/h2-12,28H,13H2,1H3,(H,26,27). The Hall–Kier alpha value is -3.15. The number of phenolic OH excluding ortho intramolecular Hbond substituents is 1. The molecule has 1 aromatic heterocycles. The molecule has 3 aromatic carbocycles. The van der Waals surface area contributed by atoms with Gasteiger partial charge in [0.05, 0.1) is 19.0 Å². The minimum Gasteiger partial charge on any atom is -0.507 e. The molecule has 0 aliphatic rings. The van der Waals surface area contributed by atoms with Crippen LogP contribution in [0.5, 0.6) is 17.2 Å². The molecule has 0 saturated carbocycles. The van der Waals surface area contributed by atoms with E-state index in [1.54, 1.807) is 49.7 Å². The SMILES string of the molecule is COc1ccc(-c2cn[nH]c2-c2ccc(OCc3c(Cl)cccc3Cl)cc2O)cc1. The number of halogens is 2. The smallest absolute Gasteiger partial charge is 0.128 e. The van der Waals surface area contributed by atoms with Crippen molar-refractivity contribution in [3.05, 3.63) is 82.5 Å². The van der Waals surface area contributed by atoms with Crippen molar-refractivity contribution in [3.8, 4) is 39.6 Å². The van der Waals surface area contributed by atoms with Crippen LogP contribution in [0.1, 0.15) is 5.56 Å². The highest BCUT2D eigenvalue weighted by molar-refractivity contribution is 6.35. The van der Waals surface area contributed by atoms with Crippen LogP contribution in [0.25, 0.3) is 22.4 Å². The molecule has 0 aliphatic heterocycles. The Labute approximate surface area is 183 Å². The van der Waals surface area contributed by atoms with Gasteiger partial charge in [-0.2, -0.15) is 5.10 Å². The zero-order valence-electron chi connectivity index (χ0n) is 16.0. The van der Waals surface area contributed by atoms with Gasteiger partial charge in [0.15, 0.2) is 0 Å². The number of aromatic amines is 1. The number of hydrogen-bond acceptors (Lipinski definition) is 4. The summed E-state index contributed by atoms with van der Waals surface area (Å²) in [6.45, 7) is 0.193. The molecule has 0 radical (unpaired) electrons. The van der Waals surface area contributed by atoms with Crippen molar-refractivity contribution in [3.63, 3.8) is 0 Å². The summed E-state index contributed by atoms with van der Waals surface area (Å²) in [5.41, 5.74) is 3.83. The molecule has 0 aliphatic carbocycles. The van der Waals surface area contributed by atoms with E-state index in [0.29, 0.717) is 32.6 Å². The molecule has 152 valence electrons. The van der Waals surface area contributed by atoms with E-state index >= 15 is 0 Å². The number of H-pyrrole nitrogens is 1. The molecule has 0 bridgehead atoms. The van der Waals surface area contributed by atoms with Crippen molar-refractivity contribution in [1.82, 2.24) is 10.2 Å². The molecule has 0 unspecified atom stereocenters. The molecule has 5 nitrogen and oxygen atoms in total. The number of nitrogens with one attached hydrogen (secondary N) is 1. The number of benzene rings is 3. The summed E-state index contributed by atoms with van der Waals surface area (Å²) in [5, 5.41) is 18.8. The Morgan fingerprint density at radius 2 is 1.63 bits per heavy atom. The Morgan fingerprint density at radius 3 is 2.30 bits per heavy atom. The van der Waals surface area contributed by atoms with Gasteiger partial charge in [0.25, 0.3) is 0 Å². The number of phenols is 1. The topological polar surface area (TPSA) is 67.4 Å². The zero-order chi connectivity index (χ0) is 21.1. The largest absolute Gasteiger partial charge is 0.507 e. The van der Waals surface area contributed by atoms with E-state index in [-0.39, 0.29) is 12.4 Å². The summed E-state index contributed by atoms with van der Waals surface area (Å²) in [4.78, 5) is 0. The second-order valence-electron chi connectivity index (χ2n) is 6.56. The van der Waals surface area contributed by atoms with Crippen LogP contribution in [0.15, 0.2) is 66.9 Å². The maximum absolute atomic E-state index is 10.6. The summed E-state index contributed by atoms with van der Waals surface area (Å²) >= 11 is 12.4. The van der Waals surface area contributed by atoms with Gasteiger partial charge >= 0.3 is 0 Å². The maximum Gasteiger partial charge on any atom is 0.128 e. The molecule has 0 atom stereocenters. The van der Waals surface area contributed by atoms with Crippen molar-refractivity contribution >= 4 is 23.2 Å². The maximum atomic E-state index is 10.6. The number of nitrogens with zero attached hydrogens (tertiary/aromatic N) is 1. The van der Waals surface area contributed by atoms with E-state index in [4.69, 9.17) is 32.7 Å². The molecule has 0 amide bonds. The summed E-state index contributed by atoms with van der Waals surface area (Å²) in [6.07, 6.45) is 1.72.